The van der Waals surface area contributed by atoms with Crippen LogP contribution >= 0.6 is 11.3 Å². The fourth-order valence-corrected chi connectivity index (χ4v) is 4.22. The number of thiophene rings is 1. The average molecular weight is 345 g/mol. The Kier molecular flexibility index (Phi) is 4.62. The van der Waals surface area contributed by atoms with Crippen molar-refractivity contribution in [1.82, 2.24) is 24.8 Å². The van der Waals surface area contributed by atoms with Crippen LogP contribution in [0.25, 0.3) is 0 Å². The van der Waals surface area contributed by atoms with Crippen molar-refractivity contribution < 1.29 is 4.79 Å². The van der Waals surface area contributed by atoms with Gasteiger partial charge in [0.05, 0.1) is 17.8 Å². The van der Waals surface area contributed by atoms with Crippen LogP contribution in [0.4, 0.5) is 0 Å². The Morgan fingerprint density at radius 3 is 2.79 bits per heavy atom. The summed E-state index contributed by atoms with van der Waals surface area (Å²) in [6.45, 7) is 5.38. The van der Waals surface area contributed by atoms with Crippen molar-refractivity contribution in [2.45, 2.75) is 45.3 Å². The fraction of sp³-hybridized carbons (Fsp3) is 0.588. The lowest BCUT2D eigenvalue weighted by Gasteiger charge is -2.26. The zero-order valence-electron chi connectivity index (χ0n) is 13.9. The second kappa shape index (κ2) is 7.03. The van der Waals surface area contributed by atoms with Gasteiger partial charge in [-0.05, 0) is 43.8 Å². The standard InChI is InChI=1S/C17H23N5OS/c23-17(14-5-10-24-13-14)21-8-4-9-22-16(12-21)15(18-19-22)11-20-6-2-1-3-7-20/h5,10,13H,1-4,6-9,11-12H2. The average Bonchev–Trinajstić information content (AvgIpc) is 3.21. The van der Waals surface area contributed by atoms with E-state index in [1.165, 1.54) is 19.3 Å². The predicted molar refractivity (Wildman–Crippen MR) is 92.8 cm³/mol. The van der Waals surface area contributed by atoms with Gasteiger partial charge in [-0.2, -0.15) is 11.3 Å². The Bertz CT molecular complexity index is 690. The quantitative estimate of drug-likeness (QED) is 0.857. The molecule has 7 heteroatoms. The van der Waals surface area contributed by atoms with Crippen molar-refractivity contribution in [1.29, 1.82) is 0 Å². The topological polar surface area (TPSA) is 54.3 Å². The van der Waals surface area contributed by atoms with Crippen LogP contribution < -0.4 is 0 Å². The first-order chi connectivity index (χ1) is 11.8. The molecule has 2 aliphatic heterocycles. The Balaban J connectivity index is 1.52. The molecule has 0 spiro atoms. The first kappa shape index (κ1) is 15.8. The van der Waals surface area contributed by atoms with E-state index in [1.54, 1.807) is 11.3 Å². The summed E-state index contributed by atoms with van der Waals surface area (Å²) in [6.07, 6.45) is 4.80. The molecular formula is C17H23N5OS. The molecule has 0 bridgehead atoms. The van der Waals surface area contributed by atoms with E-state index in [1.807, 2.05) is 26.4 Å². The molecule has 1 fully saturated rings. The van der Waals surface area contributed by atoms with Gasteiger partial charge < -0.3 is 4.90 Å². The van der Waals surface area contributed by atoms with E-state index in [0.717, 1.165) is 56.1 Å². The molecule has 0 aliphatic carbocycles. The number of hydrogen-bond donors (Lipinski definition) is 0. The Hall–Kier alpha value is -1.73. The molecule has 1 saturated heterocycles. The third kappa shape index (κ3) is 3.23. The van der Waals surface area contributed by atoms with Gasteiger partial charge in [0.25, 0.3) is 5.91 Å². The Labute approximate surface area is 146 Å². The molecule has 0 atom stereocenters. The van der Waals surface area contributed by atoms with Crippen LogP contribution in [0.3, 0.4) is 0 Å². The van der Waals surface area contributed by atoms with E-state index < -0.39 is 0 Å². The third-order valence-electron chi connectivity index (χ3n) is 4.93. The van der Waals surface area contributed by atoms with Crippen molar-refractivity contribution in [2.24, 2.45) is 0 Å². The molecule has 128 valence electrons. The van der Waals surface area contributed by atoms with E-state index in [0.29, 0.717) is 6.54 Å². The van der Waals surface area contributed by atoms with E-state index in [4.69, 9.17) is 0 Å². The van der Waals surface area contributed by atoms with Gasteiger partial charge in [-0.1, -0.05) is 11.6 Å². The van der Waals surface area contributed by atoms with Crippen molar-refractivity contribution in [2.75, 3.05) is 19.6 Å². The summed E-state index contributed by atoms with van der Waals surface area (Å²) >= 11 is 1.57. The zero-order chi connectivity index (χ0) is 16.4. The van der Waals surface area contributed by atoms with E-state index in [9.17, 15) is 4.79 Å². The lowest BCUT2D eigenvalue weighted by atomic mass is 10.1. The molecule has 0 unspecified atom stereocenters. The van der Waals surface area contributed by atoms with Gasteiger partial charge in [-0.3, -0.25) is 9.69 Å². The van der Waals surface area contributed by atoms with Crippen molar-refractivity contribution in [3.8, 4) is 0 Å². The van der Waals surface area contributed by atoms with Crippen LogP contribution in [0.2, 0.25) is 0 Å². The second-order valence-electron chi connectivity index (χ2n) is 6.64. The van der Waals surface area contributed by atoms with Gasteiger partial charge in [-0.15, -0.1) is 5.10 Å². The normalized spacial score (nSPS) is 19.1. The highest BCUT2D eigenvalue weighted by molar-refractivity contribution is 7.08. The SMILES string of the molecule is O=C(c1ccsc1)N1CCCn2nnc(CN3CCCCC3)c2C1. The smallest absolute Gasteiger partial charge is 0.255 e. The summed E-state index contributed by atoms with van der Waals surface area (Å²) in [7, 11) is 0. The van der Waals surface area contributed by atoms with E-state index in [-0.39, 0.29) is 5.91 Å². The van der Waals surface area contributed by atoms with Crippen LogP contribution in [0.5, 0.6) is 0 Å². The maximum absolute atomic E-state index is 12.7. The zero-order valence-corrected chi connectivity index (χ0v) is 14.7. The maximum atomic E-state index is 12.7. The second-order valence-corrected chi connectivity index (χ2v) is 7.42. The third-order valence-corrected chi connectivity index (χ3v) is 5.62. The summed E-state index contributed by atoms with van der Waals surface area (Å²) in [5, 5.41) is 12.7. The molecule has 0 aromatic carbocycles. The minimum Gasteiger partial charge on any atom is -0.333 e. The molecule has 0 radical (unpaired) electrons. The largest absolute Gasteiger partial charge is 0.333 e. The molecule has 4 heterocycles. The highest BCUT2D eigenvalue weighted by Crippen LogP contribution is 2.20. The molecule has 6 nitrogen and oxygen atoms in total. The molecule has 2 aliphatic rings. The highest BCUT2D eigenvalue weighted by atomic mass is 32.1. The molecule has 4 rings (SSSR count). The van der Waals surface area contributed by atoms with Crippen LogP contribution in [0.15, 0.2) is 16.8 Å². The number of nitrogens with zero attached hydrogens (tertiary/aromatic N) is 5. The number of fused-ring (bicyclic) bond motifs is 1. The summed E-state index contributed by atoms with van der Waals surface area (Å²) in [5.74, 6) is 0.120. The summed E-state index contributed by atoms with van der Waals surface area (Å²) in [6, 6.07) is 1.90. The molecular weight excluding hydrogens is 322 g/mol. The first-order valence-electron chi connectivity index (χ1n) is 8.76. The summed E-state index contributed by atoms with van der Waals surface area (Å²) in [4.78, 5) is 17.1. The van der Waals surface area contributed by atoms with Crippen LogP contribution in [0, 0.1) is 0 Å². The minimum absolute atomic E-state index is 0.120. The summed E-state index contributed by atoms with van der Waals surface area (Å²) in [5.41, 5.74) is 2.95. The first-order valence-corrected chi connectivity index (χ1v) is 9.70. The number of hydrogen-bond acceptors (Lipinski definition) is 5. The highest BCUT2D eigenvalue weighted by Gasteiger charge is 2.25. The number of carbonyl (C=O) groups excluding carboxylic acids is 1. The molecule has 0 N–H and O–H groups in total. The van der Waals surface area contributed by atoms with Gasteiger partial charge >= 0.3 is 0 Å². The van der Waals surface area contributed by atoms with Gasteiger partial charge in [0.1, 0.15) is 5.69 Å². The van der Waals surface area contributed by atoms with Crippen molar-refractivity contribution in [3.63, 3.8) is 0 Å². The van der Waals surface area contributed by atoms with Crippen LogP contribution in [0.1, 0.15) is 47.4 Å². The molecule has 2 aromatic rings. The minimum atomic E-state index is 0.120. The van der Waals surface area contributed by atoms with Crippen molar-refractivity contribution in [3.05, 3.63) is 33.8 Å². The maximum Gasteiger partial charge on any atom is 0.255 e. The van der Waals surface area contributed by atoms with Crippen LogP contribution in [-0.4, -0.2) is 50.3 Å². The number of likely N-dealkylation sites (tertiary alicyclic amines) is 1. The van der Waals surface area contributed by atoms with Gasteiger partial charge in [0.2, 0.25) is 0 Å². The fourth-order valence-electron chi connectivity index (χ4n) is 3.59. The molecule has 0 saturated carbocycles. The van der Waals surface area contributed by atoms with Gasteiger partial charge in [-0.25, -0.2) is 4.68 Å². The van der Waals surface area contributed by atoms with Crippen LogP contribution in [-0.2, 0) is 19.6 Å². The number of aromatic nitrogens is 3. The molecule has 2 aromatic heterocycles. The number of piperidine rings is 1. The van der Waals surface area contributed by atoms with Crippen molar-refractivity contribution >= 4 is 17.2 Å². The Morgan fingerprint density at radius 1 is 1.12 bits per heavy atom. The number of rotatable bonds is 3. The van der Waals surface area contributed by atoms with Gasteiger partial charge in [0.15, 0.2) is 0 Å². The Morgan fingerprint density at radius 2 is 2.00 bits per heavy atom. The lowest BCUT2D eigenvalue weighted by molar-refractivity contribution is 0.0745. The predicted octanol–water partition coefficient (Wildman–Crippen LogP) is 2.37. The number of aryl methyl sites for hydroxylation is 1. The van der Waals surface area contributed by atoms with E-state index in [2.05, 4.69) is 15.2 Å². The lowest BCUT2D eigenvalue weighted by Crippen LogP contribution is -2.32. The van der Waals surface area contributed by atoms with Gasteiger partial charge in [0, 0.05) is 25.0 Å². The molecule has 1 amide bonds. The number of amides is 1. The van der Waals surface area contributed by atoms with E-state index >= 15 is 0 Å². The molecule has 24 heavy (non-hydrogen) atoms. The monoisotopic (exact) mass is 345 g/mol. The summed E-state index contributed by atoms with van der Waals surface area (Å²) < 4.78 is 2.00. The number of carbonyl (C=O) groups is 1.